The Balaban J connectivity index is 2.16. The van der Waals surface area contributed by atoms with Crippen molar-refractivity contribution in [2.45, 2.75) is 64.0 Å². The second-order valence-corrected chi connectivity index (χ2v) is 5.56. The van der Waals surface area contributed by atoms with Crippen molar-refractivity contribution in [1.29, 1.82) is 0 Å². The van der Waals surface area contributed by atoms with Gasteiger partial charge >= 0.3 is 5.97 Å². The van der Waals surface area contributed by atoms with Gasteiger partial charge in [0.1, 0.15) is 5.54 Å². The lowest BCUT2D eigenvalue weighted by Gasteiger charge is -2.38. The van der Waals surface area contributed by atoms with E-state index in [1.165, 1.54) is 19.3 Å². The van der Waals surface area contributed by atoms with Crippen LogP contribution < -0.4 is 0 Å². The molecule has 1 aliphatic carbocycles. The monoisotopic (exact) mass is 225 g/mol. The van der Waals surface area contributed by atoms with Crippen molar-refractivity contribution < 1.29 is 9.90 Å². The first kappa shape index (κ1) is 11.9. The van der Waals surface area contributed by atoms with Crippen LogP contribution in [0.4, 0.5) is 0 Å². The fourth-order valence-corrected chi connectivity index (χ4v) is 3.65. The highest BCUT2D eigenvalue weighted by molar-refractivity contribution is 5.79. The van der Waals surface area contributed by atoms with Crippen LogP contribution in [0.3, 0.4) is 0 Å². The number of carboxylic acids is 1. The molecule has 1 N–H and O–H groups in total. The zero-order valence-corrected chi connectivity index (χ0v) is 10.4. The number of likely N-dealkylation sites (tertiary alicyclic amines) is 1. The summed E-state index contributed by atoms with van der Waals surface area (Å²) in [6.45, 7) is 5.28. The van der Waals surface area contributed by atoms with Crippen molar-refractivity contribution >= 4 is 5.97 Å². The van der Waals surface area contributed by atoms with Crippen LogP contribution in [0.1, 0.15) is 52.4 Å². The van der Waals surface area contributed by atoms with Gasteiger partial charge in [0.05, 0.1) is 0 Å². The molecule has 92 valence electrons. The third-order valence-electron chi connectivity index (χ3n) is 4.63. The van der Waals surface area contributed by atoms with Crippen molar-refractivity contribution in [3.8, 4) is 0 Å². The van der Waals surface area contributed by atoms with E-state index in [1.807, 2.05) is 6.92 Å². The van der Waals surface area contributed by atoms with Gasteiger partial charge in [0.15, 0.2) is 0 Å². The van der Waals surface area contributed by atoms with Gasteiger partial charge in [0.25, 0.3) is 0 Å². The van der Waals surface area contributed by atoms with Crippen LogP contribution >= 0.6 is 0 Å². The van der Waals surface area contributed by atoms with Crippen LogP contribution in [0.2, 0.25) is 0 Å². The van der Waals surface area contributed by atoms with Crippen LogP contribution in [0.5, 0.6) is 0 Å². The Morgan fingerprint density at radius 2 is 2.25 bits per heavy atom. The van der Waals surface area contributed by atoms with Crippen LogP contribution in [-0.2, 0) is 4.79 Å². The highest BCUT2D eigenvalue weighted by atomic mass is 16.4. The first-order valence-corrected chi connectivity index (χ1v) is 6.60. The maximum absolute atomic E-state index is 11.6. The lowest BCUT2D eigenvalue weighted by Crippen LogP contribution is -2.53. The summed E-state index contributed by atoms with van der Waals surface area (Å²) in [7, 11) is 0. The van der Waals surface area contributed by atoms with Crippen molar-refractivity contribution in [3.63, 3.8) is 0 Å². The Bertz CT molecular complexity index is 279. The van der Waals surface area contributed by atoms with Crippen LogP contribution in [-0.4, -0.2) is 34.1 Å². The highest BCUT2D eigenvalue weighted by Gasteiger charge is 2.49. The Labute approximate surface area is 97.8 Å². The lowest BCUT2D eigenvalue weighted by atomic mass is 9.91. The van der Waals surface area contributed by atoms with Crippen molar-refractivity contribution in [1.82, 2.24) is 4.90 Å². The van der Waals surface area contributed by atoms with Gasteiger partial charge in [-0.25, -0.2) is 0 Å². The lowest BCUT2D eigenvalue weighted by molar-refractivity contribution is -0.151. The predicted octanol–water partition coefficient (Wildman–Crippen LogP) is 2.50. The quantitative estimate of drug-likeness (QED) is 0.802. The molecule has 0 aromatic heterocycles. The van der Waals surface area contributed by atoms with Gasteiger partial charge in [-0.2, -0.15) is 0 Å². The van der Waals surface area contributed by atoms with Crippen molar-refractivity contribution in [3.05, 3.63) is 0 Å². The van der Waals surface area contributed by atoms with E-state index in [9.17, 15) is 9.90 Å². The first-order valence-electron chi connectivity index (χ1n) is 6.60. The molecule has 2 fully saturated rings. The molecule has 2 rings (SSSR count). The number of rotatable bonds is 3. The number of hydrogen-bond acceptors (Lipinski definition) is 2. The molecule has 16 heavy (non-hydrogen) atoms. The molecule has 1 saturated carbocycles. The molecule has 0 bridgehead atoms. The minimum atomic E-state index is -0.605. The van der Waals surface area contributed by atoms with E-state index < -0.39 is 11.5 Å². The third kappa shape index (κ3) is 1.75. The van der Waals surface area contributed by atoms with Crippen molar-refractivity contribution in [2.24, 2.45) is 5.92 Å². The normalized spacial score (nSPS) is 40.4. The molecule has 3 heteroatoms. The Kier molecular flexibility index (Phi) is 3.24. The Morgan fingerprint density at radius 3 is 2.75 bits per heavy atom. The number of carboxylic acid groups (broad SMARTS) is 1. The Hall–Kier alpha value is -0.570. The van der Waals surface area contributed by atoms with Gasteiger partial charge in [0, 0.05) is 6.04 Å². The predicted molar refractivity (Wildman–Crippen MR) is 63.4 cm³/mol. The number of carbonyl (C=O) groups is 1. The van der Waals surface area contributed by atoms with E-state index in [2.05, 4.69) is 11.8 Å². The summed E-state index contributed by atoms with van der Waals surface area (Å²) in [5.74, 6) is 0.168. The summed E-state index contributed by atoms with van der Waals surface area (Å²) in [5.41, 5.74) is -0.547. The van der Waals surface area contributed by atoms with E-state index in [0.29, 0.717) is 6.04 Å². The maximum Gasteiger partial charge on any atom is 0.324 e. The van der Waals surface area contributed by atoms with E-state index in [4.69, 9.17) is 0 Å². The summed E-state index contributed by atoms with van der Waals surface area (Å²) in [6.07, 6.45) is 6.27. The molecular formula is C13H23NO2. The average Bonchev–Trinajstić information content (AvgIpc) is 2.83. The second kappa shape index (κ2) is 4.36. The van der Waals surface area contributed by atoms with Crippen molar-refractivity contribution in [2.75, 3.05) is 6.54 Å². The van der Waals surface area contributed by atoms with Gasteiger partial charge < -0.3 is 5.11 Å². The SMILES string of the molecule is CCC1(C(=O)O)CCCN1C1CCC(C)C1. The maximum atomic E-state index is 11.6. The van der Waals surface area contributed by atoms with Gasteiger partial charge in [-0.3, -0.25) is 9.69 Å². The molecule has 0 aromatic rings. The summed E-state index contributed by atoms with van der Waals surface area (Å²) < 4.78 is 0. The molecule has 1 saturated heterocycles. The molecule has 3 nitrogen and oxygen atoms in total. The fourth-order valence-electron chi connectivity index (χ4n) is 3.65. The summed E-state index contributed by atoms with van der Waals surface area (Å²) in [4.78, 5) is 13.9. The minimum absolute atomic E-state index is 0.522. The number of nitrogens with zero attached hydrogens (tertiary/aromatic N) is 1. The summed E-state index contributed by atoms with van der Waals surface area (Å²) in [6, 6.07) is 0.522. The van der Waals surface area contributed by atoms with E-state index in [1.54, 1.807) is 0 Å². The summed E-state index contributed by atoms with van der Waals surface area (Å²) >= 11 is 0. The first-order chi connectivity index (χ1) is 7.60. The number of aliphatic carboxylic acids is 1. The topological polar surface area (TPSA) is 40.5 Å². The largest absolute Gasteiger partial charge is 0.480 e. The molecule has 0 aromatic carbocycles. The summed E-state index contributed by atoms with van der Waals surface area (Å²) in [5, 5.41) is 9.52. The molecule has 0 radical (unpaired) electrons. The van der Waals surface area contributed by atoms with Crippen LogP contribution in [0.15, 0.2) is 0 Å². The van der Waals surface area contributed by atoms with E-state index in [0.717, 1.165) is 31.7 Å². The van der Waals surface area contributed by atoms with Gasteiger partial charge in [-0.1, -0.05) is 13.8 Å². The van der Waals surface area contributed by atoms with Crippen LogP contribution in [0, 0.1) is 5.92 Å². The Morgan fingerprint density at radius 1 is 1.50 bits per heavy atom. The average molecular weight is 225 g/mol. The standard InChI is InChI=1S/C13H23NO2/c1-3-13(12(15)16)7-4-8-14(13)11-6-5-10(2)9-11/h10-11H,3-9H2,1-2H3,(H,15,16). The zero-order valence-electron chi connectivity index (χ0n) is 10.4. The molecule has 3 atom stereocenters. The second-order valence-electron chi connectivity index (χ2n) is 5.56. The molecule has 0 spiro atoms. The van der Waals surface area contributed by atoms with Gasteiger partial charge in [-0.05, 0) is 51.0 Å². The molecular weight excluding hydrogens is 202 g/mol. The highest BCUT2D eigenvalue weighted by Crippen LogP contribution is 2.40. The van der Waals surface area contributed by atoms with Gasteiger partial charge in [0.2, 0.25) is 0 Å². The third-order valence-corrected chi connectivity index (χ3v) is 4.63. The van der Waals surface area contributed by atoms with Crippen LogP contribution in [0.25, 0.3) is 0 Å². The minimum Gasteiger partial charge on any atom is -0.480 e. The molecule has 2 aliphatic rings. The fraction of sp³-hybridized carbons (Fsp3) is 0.923. The zero-order chi connectivity index (χ0) is 11.8. The molecule has 0 amide bonds. The molecule has 1 heterocycles. The molecule has 1 aliphatic heterocycles. The van der Waals surface area contributed by atoms with E-state index in [-0.39, 0.29) is 0 Å². The molecule has 3 unspecified atom stereocenters. The number of hydrogen-bond donors (Lipinski definition) is 1. The smallest absolute Gasteiger partial charge is 0.324 e. The van der Waals surface area contributed by atoms with E-state index >= 15 is 0 Å². The van der Waals surface area contributed by atoms with Gasteiger partial charge in [-0.15, -0.1) is 0 Å².